The van der Waals surface area contributed by atoms with Crippen molar-refractivity contribution in [3.63, 3.8) is 0 Å². The molecule has 8 nitrogen and oxygen atoms in total. The molecule has 0 spiro atoms. The van der Waals surface area contributed by atoms with E-state index in [1.165, 1.54) is 19.3 Å². The molecule has 0 aromatic heterocycles. The van der Waals surface area contributed by atoms with E-state index in [1.807, 2.05) is 0 Å². The first-order valence-electron chi connectivity index (χ1n) is 8.12. The first-order valence-corrected chi connectivity index (χ1v) is 11.3. The van der Waals surface area contributed by atoms with E-state index >= 15 is 0 Å². The summed E-state index contributed by atoms with van der Waals surface area (Å²) in [4.78, 5) is 11.7. The molecule has 0 saturated carbocycles. The minimum atomic E-state index is -4.49. The number of carbonyl (C=O) groups excluding carboxylic acids is 1. The Morgan fingerprint density at radius 2 is 1.38 bits per heavy atom. The number of esters is 1. The van der Waals surface area contributed by atoms with Crippen LogP contribution < -0.4 is 0 Å². The lowest BCUT2D eigenvalue weighted by Gasteiger charge is -2.14. The van der Waals surface area contributed by atoms with E-state index in [9.17, 15) is 21.6 Å². The molecule has 0 aromatic rings. The van der Waals surface area contributed by atoms with Gasteiger partial charge in [-0.15, -0.1) is 0 Å². The van der Waals surface area contributed by atoms with E-state index < -0.39 is 43.8 Å². The summed E-state index contributed by atoms with van der Waals surface area (Å²) in [6.45, 7) is 2.14. The van der Waals surface area contributed by atoms with Crippen molar-refractivity contribution in [2.45, 2.75) is 64.7 Å². The highest BCUT2D eigenvalue weighted by Crippen LogP contribution is 2.16. The topological polar surface area (TPSA) is 135 Å². The van der Waals surface area contributed by atoms with Crippen molar-refractivity contribution in [3.05, 3.63) is 0 Å². The third-order valence-electron chi connectivity index (χ3n) is 3.50. The minimum absolute atomic E-state index is 0.166. The zero-order chi connectivity index (χ0) is 18.6. The van der Waals surface area contributed by atoms with Crippen LogP contribution in [0.4, 0.5) is 0 Å². The van der Waals surface area contributed by atoms with Crippen LogP contribution in [-0.2, 0) is 29.8 Å². The van der Waals surface area contributed by atoms with Gasteiger partial charge < -0.3 is 4.74 Å². The van der Waals surface area contributed by atoms with Crippen molar-refractivity contribution in [2.75, 3.05) is 11.7 Å². The number of rotatable bonds is 14. The third kappa shape index (κ3) is 14.9. The van der Waals surface area contributed by atoms with Crippen molar-refractivity contribution in [2.24, 2.45) is 5.92 Å². The molecule has 144 valence electrons. The van der Waals surface area contributed by atoms with Crippen molar-refractivity contribution in [3.8, 4) is 0 Å². The van der Waals surface area contributed by atoms with Crippen LogP contribution in [0.3, 0.4) is 0 Å². The predicted octanol–water partition coefficient (Wildman–Crippen LogP) is 2.41. The Kier molecular flexibility index (Phi) is 11.4. The van der Waals surface area contributed by atoms with Gasteiger partial charge in [0.2, 0.25) is 5.94 Å². The van der Waals surface area contributed by atoms with Gasteiger partial charge in [0.05, 0.1) is 11.7 Å². The average Bonchev–Trinajstić information content (AvgIpc) is 2.44. The number of unbranched alkanes of at least 4 members (excludes halogenated alkanes) is 7. The molecule has 0 bridgehead atoms. The fraction of sp³-hybridized carbons (Fsp3) is 0.929. The Labute approximate surface area is 144 Å². The van der Waals surface area contributed by atoms with Gasteiger partial charge in [0.15, 0.2) is 0 Å². The third-order valence-corrected chi connectivity index (χ3v) is 4.74. The molecule has 0 saturated heterocycles. The van der Waals surface area contributed by atoms with Crippen LogP contribution in [0.5, 0.6) is 0 Å². The summed E-state index contributed by atoms with van der Waals surface area (Å²) in [6, 6.07) is 0. The van der Waals surface area contributed by atoms with Gasteiger partial charge in [-0.2, -0.15) is 16.8 Å². The quantitative estimate of drug-likeness (QED) is 0.263. The van der Waals surface area contributed by atoms with Crippen molar-refractivity contribution < 1.29 is 35.5 Å². The van der Waals surface area contributed by atoms with Crippen LogP contribution in [0.2, 0.25) is 0 Å². The van der Waals surface area contributed by atoms with Crippen molar-refractivity contribution in [1.29, 1.82) is 0 Å². The lowest BCUT2D eigenvalue weighted by atomic mass is 10.0. The molecule has 0 aliphatic heterocycles. The van der Waals surface area contributed by atoms with E-state index in [2.05, 4.69) is 11.7 Å². The van der Waals surface area contributed by atoms with Crippen LogP contribution in [0.1, 0.15) is 64.7 Å². The van der Waals surface area contributed by atoms with Gasteiger partial charge in [-0.1, -0.05) is 58.3 Å². The highest BCUT2D eigenvalue weighted by Gasteiger charge is 2.26. The van der Waals surface area contributed by atoms with Gasteiger partial charge in [-0.3, -0.25) is 13.9 Å². The van der Waals surface area contributed by atoms with Crippen LogP contribution in [0.15, 0.2) is 0 Å². The first kappa shape index (κ1) is 23.3. The summed E-state index contributed by atoms with van der Waals surface area (Å²) in [5, 5.41) is 0. The molecule has 0 fully saturated rings. The minimum Gasteiger partial charge on any atom is -0.446 e. The van der Waals surface area contributed by atoms with E-state index in [0.29, 0.717) is 6.42 Å². The first-order chi connectivity index (χ1) is 11.0. The van der Waals surface area contributed by atoms with Gasteiger partial charge in [-0.05, 0) is 6.42 Å². The number of hydrogen-bond donors (Lipinski definition) is 2. The van der Waals surface area contributed by atoms with Crippen LogP contribution >= 0.6 is 0 Å². The second-order valence-corrected chi connectivity index (χ2v) is 8.77. The summed E-state index contributed by atoms with van der Waals surface area (Å²) in [5.74, 6) is -4.27. The molecule has 1 atom stereocenters. The van der Waals surface area contributed by atoms with Gasteiger partial charge in [0.25, 0.3) is 10.1 Å². The normalized spacial score (nSPS) is 13.6. The summed E-state index contributed by atoms with van der Waals surface area (Å²) >= 11 is 0. The maximum atomic E-state index is 11.7. The Morgan fingerprint density at radius 1 is 0.875 bits per heavy atom. The summed E-state index contributed by atoms with van der Waals surface area (Å²) in [5.41, 5.74) is 0. The standard InChI is InChI=1S/C14H28O8S2/c1-2-3-4-5-6-7-8-9-10-13(11-23(16,17)18)14(15)22-12-24(19,20)21/h13H,2-12H2,1H3,(H,16,17,18)(H,19,20,21). The molecule has 2 N–H and O–H groups in total. The fourth-order valence-electron chi connectivity index (χ4n) is 2.30. The monoisotopic (exact) mass is 388 g/mol. The van der Waals surface area contributed by atoms with Crippen LogP contribution in [0.25, 0.3) is 0 Å². The smallest absolute Gasteiger partial charge is 0.311 e. The largest absolute Gasteiger partial charge is 0.446 e. The van der Waals surface area contributed by atoms with Gasteiger partial charge in [0.1, 0.15) is 0 Å². The molecule has 0 aliphatic carbocycles. The van der Waals surface area contributed by atoms with Crippen molar-refractivity contribution in [1.82, 2.24) is 0 Å². The molecule has 0 aromatic carbocycles. The summed E-state index contributed by atoms with van der Waals surface area (Å²) < 4.78 is 64.9. The Bertz CT molecular complexity index is 553. The lowest BCUT2D eigenvalue weighted by Crippen LogP contribution is -2.27. The lowest BCUT2D eigenvalue weighted by molar-refractivity contribution is -0.146. The Morgan fingerprint density at radius 3 is 1.83 bits per heavy atom. The Hall–Kier alpha value is -0.710. The van der Waals surface area contributed by atoms with E-state index in [1.54, 1.807) is 0 Å². The van der Waals surface area contributed by atoms with Crippen LogP contribution in [-0.4, -0.2) is 43.6 Å². The van der Waals surface area contributed by atoms with Gasteiger partial charge >= 0.3 is 16.1 Å². The highest BCUT2D eigenvalue weighted by atomic mass is 32.2. The highest BCUT2D eigenvalue weighted by molar-refractivity contribution is 7.86. The molecule has 0 rings (SSSR count). The maximum Gasteiger partial charge on any atom is 0.311 e. The molecule has 24 heavy (non-hydrogen) atoms. The summed E-state index contributed by atoms with van der Waals surface area (Å²) in [7, 11) is -8.88. The predicted molar refractivity (Wildman–Crippen MR) is 89.6 cm³/mol. The van der Waals surface area contributed by atoms with Crippen LogP contribution in [0, 0.1) is 5.92 Å². The molecular formula is C14H28O8S2. The number of carbonyl (C=O) groups is 1. The maximum absolute atomic E-state index is 11.7. The van der Waals surface area contributed by atoms with Gasteiger partial charge in [0, 0.05) is 0 Å². The molecule has 0 heterocycles. The molecule has 0 aliphatic rings. The number of ether oxygens (including phenoxy) is 1. The molecule has 1 unspecified atom stereocenters. The molecular weight excluding hydrogens is 360 g/mol. The molecule has 10 heteroatoms. The average molecular weight is 389 g/mol. The zero-order valence-electron chi connectivity index (χ0n) is 14.0. The summed E-state index contributed by atoms with van der Waals surface area (Å²) in [6.07, 6.45) is 8.26. The van der Waals surface area contributed by atoms with E-state index in [0.717, 1.165) is 25.7 Å². The van der Waals surface area contributed by atoms with E-state index in [-0.39, 0.29) is 6.42 Å². The zero-order valence-corrected chi connectivity index (χ0v) is 15.6. The Balaban J connectivity index is 4.25. The van der Waals surface area contributed by atoms with Crippen molar-refractivity contribution >= 4 is 26.2 Å². The van der Waals surface area contributed by atoms with Gasteiger partial charge in [-0.25, -0.2) is 0 Å². The number of hydrogen-bond acceptors (Lipinski definition) is 6. The molecule has 0 radical (unpaired) electrons. The SMILES string of the molecule is CCCCCCCCCCC(CS(=O)(=O)O)C(=O)OCS(=O)(=O)O. The second-order valence-electron chi connectivity index (χ2n) is 5.87. The fourth-order valence-corrected chi connectivity index (χ4v) is 3.37. The molecule has 0 amide bonds. The van der Waals surface area contributed by atoms with E-state index in [4.69, 9.17) is 9.11 Å². The second kappa shape index (κ2) is 11.8.